The Morgan fingerprint density at radius 3 is 2.05 bits per heavy atom. The van der Waals surface area contributed by atoms with Crippen LogP contribution in [0.25, 0.3) is 0 Å². The van der Waals surface area contributed by atoms with Crippen LogP contribution in [0.3, 0.4) is 0 Å². The summed E-state index contributed by atoms with van der Waals surface area (Å²) in [5, 5.41) is 19.6. The summed E-state index contributed by atoms with van der Waals surface area (Å²) >= 11 is 0. The standard InChI is InChI=1S/C15H10O4/c1-7-6-10-11(15(19)12(7)16)14(18)9-5-3-2-4-8(9)13(10)17/h2-6,16,19H,1H3. The van der Waals surface area contributed by atoms with Gasteiger partial charge in [-0.25, -0.2) is 0 Å². The Morgan fingerprint density at radius 1 is 0.842 bits per heavy atom. The zero-order valence-electron chi connectivity index (χ0n) is 10.1. The Kier molecular flexibility index (Phi) is 2.22. The minimum Gasteiger partial charge on any atom is -0.504 e. The molecule has 0 bridgehead atoms. The maximum atomic E-state index is 12.3. The van der Waals surface area contributed by atoms with Gasteiger partial charge in [-0.3, -0.25) is 9.59 Å². The summed E-state index contributed by atoms with van der Waals surface area (Å²) in [7, 11) is 0. The molecular formula is C15H10O4. The Balaban J connectivity index is 2.40. The number of rotatable bonds is 0. The quantitative estimate of drug-likeness (QED) is 0.603. The number of hydrogen-bond donors (Lipinski definition) is 2. The van der Waals surface area contributed by atoms with E-state index in [1.165, 1.54) is 12.1 Å². The molecule has 19 heavy (non-hydrogen) atoms. The summed E-state index contributed by atoms with van der Waals surface area (Å²) in [4.78, 5) is 24.6. The number of ketones is 2. The van der Waals surface area contributed by atoms with E-state index in [1.54, 1.807) is 25.1 Å². The molecule has 0 fully saturated rings. The van der Waals surface area contributed by atoms with E-state index in [9.17, 15) is 19.8 Å². The number of phenols is 2. The van der Waals surface area contributed by atoms with Gasteiger partial charge >= 0.3 is 0 Å². The number of carbonyl (C=O) groups is 2. The molecule has 2 N–H and O–H groups in total. The molecule has 0 saturated carbocycles. The average molecular weight is 254 g/mol. The Bertz CT molecular complexity index is 744. The largest absolute Gasteiger partial charge is 0.504 e. The molecule has 0 atom stereocenters. The van der Waals surface area contributed by atoms with E-state index in [0.29, 0.717) is 11.1 Å². The Hall–Kier alpha value is -2.62. The SMILES string of the molecule is Cc1cc2c(c(O)c1O)C(=O)c1ccccc1C2=O. The first-order chi connectivity index (χ1) is 9.02. The molecule has 0 radical (unpaired) electrons. The van der Waals surface area contributed by atoms with Crippen LogP contribution in [0.1, 0.15) is 37.4 Å². The molecule has 0 saturated heterocycles. The van der Waals surface area contributed by atoms with Crippen molar-refractivity contribution < 1.29 is 19.8 Å². The van der Waals surface area contributed by atoms with Gasteiger partial charge in [0.05, 0.1) is 5.56 Å². The number of fused-ring (bicyclic) bond motifs is 2. The maximum absolute atomic E-state index is 12.3. The van der Waals surface area contributed by atoms with Crippen LogP contribution in [-0.4, -0.2) is 21.8 Å². The second-order valence-corrected chi connectivity index (χ2v) is 4.52. The van der Waals surface area contributed by atoms with Gasteiger partial charge in [-0.05, 0) is 18.6 Å². The second kappa shape index (κ2) is 3.68. The van der Waals surface area contributed by atoms with Crippen molar-refractivity contribution in [2.75, 3.05) is 0 Å². The van der Waals surface area contributed by atoms with Crippen LogP contribution < -0.4 is 0 Å². The summed E-state index contributed by atoms with van der Waals surface area (Å²) in [5.74, 6) is -1.65. The summed E-state index contributed by atoms with van der Waals surface area (Å²) < 4.78 is 0. The van der Waals surface area contributed by atoms with E-state index in [1.807, 2.05) is 0 Å². The molecule has 3 rings (SSSR count). The number of hydrogen-bond acceptors (Lipinski definition) is 4. The first kappa shape index (κ1) is 11.5. The number of carbonyl (C=O) groups excluding carboxylic acids is 2. The summed E-state index contributed by atoms with van der Waals surface area (Å²) in [6, 6.07) is 7.88. The van der Waals surface area contributed by atoms with Crippen LogP contribution in [0.2, 0.25) is 0 Å². The van der Waals surface area contributed by atoms with Crippen molar-refractivity contribution >= 4 is 11.6 Å². The van der Waals surface area contributed by atoms with E-state index in [-0.39, 0.29) is 28.2 Å². The zero-order chi connectivity index (χ0) is 13.7. The first-order valence-corrected chi connectivity index (χ1v) is 5.76. The van der Waals surface area contributed by atoms with E-state index < -0.39 is 11.5 Å². The van der Waals surface area contributed by atoms with Gasteiger partial charge in [0, 0.05) is 16.7 Å². The van der Waals surface area contributed by atoms with Gasteiger partial charge in [0.15, 0.2) is 23.1 Å². The highest BCUT2D eigenvalue weighted by atomic mass is 16.3. The van der Waals surface area contributed by atoms with Gasteiger partial charge in [0.1, 0.15) is 0 Å². The highest BCUT2D eigenvalue weighted by molar-refractivity contribution is 6.29. The van der Waals surface area contributed by atoms with E-state index in [4.69, 9.17) is 0 Å². The van der Waals surface area contributed by atoms with Crippen LogP contribution in [-0.2, 0) is 0 Å². The highest BCUT2D eigenvalue weighted by Gasteiger charge is 2.33. The first-order valence-electron chi connectivity index (χ1n) is 5.76. The Labute approximate surface area is 108 Å². The topological polar surface area (TPSA) is 74.6 Å². The van der Waals surface area contributed by atoms with Crippen molar-refractivity contribution in [3.05, 3.63) is 58.1 Å². The summed E-state index contributed by atoms with van der Waals surface area (Å²) in [6.07, 6.45) is 0. The van der Waals surface area contributed by atoms with Crippen molar-refractivity contribution in [2.24, 2.45) is 0 Å². The molecule has 0 aromatic heterocycles. The van der Waals surface area contributed by atoms with E-state index in [0.717, 1.165) is 0 Å². The lowest BCUT2D eigenvalue weighted by atomic mass is 9.82. The average Bonchev–Trinajstić information content (AvgIpc) is 2.42. The molecule has 1 aliphatic rings. The van der Waals surface area contributed by atoms with E-state index in [2.05, 4.69) is 0 Å². The van der Waals surface area contributed by atoms with Crippen molar-refractivity contribution in [3.63, 3.8) is 0 Å². The monoisotopic (exact) mass is 254 g/mol. The molecule has 0 amide bonds. The van der Waals surface area contributed by atoms with Crippen LogP contribution >= 0.6 is 0 Å². The number of aryl methyl sites for hydroxylation is 1. The third kappa shape index (κ3) is 1.40. The molecular weight excluding hydrogens is 244 g/mol. The second-order valence-electron chi connectivity index (χ2n) is 4.52. The van der Waals surface area contributed by atoms with Crippen LogP contribution in [0.15, 0.2) is 30.3 Å². The summed E-state index contributed by atoms with van der Waals surface area (Å²) in [5.41, 5.74) is 0.947. The fourth-order valence-electron chi connectivity index (χ4n) is 2.36. The number of phenolic OH excluding ortho intramolecular Hbond substituents is 2. The molecule has 94 valence electrons. The zero-order valence-corrected chi connectivity index (χ0v) is 10.1. The fourth-order valence-corrected chi connectivity index (χ4v) is 2.36. The highest BCUT2D eigenvalue weighted by Crippen LogP contribution is 2.39. The van der Waals surface area contributed by atoms with Gasteiger partial charge in [-0.1, -0.05) is 24.3 Å². The van der Waals surface area contributed by atoms with Crippen LogP contribution in [0, 0.1) is 6.92 Å². The van der Waals surface area contributed by atoms with Crippen molar-refractivity contribution in [3.8, 4) is 11.5 Å². The molecule has 1 aliphatic carbocycles. The third-order valence-electron chi connectivity index (χ3n) is 3.35. The molecule has 2 aromatic carbocycles. The van der Waals surface area contributed by atoms with Crippen LogP contribution in [0.5, 0.6) is 11.5 Å². The van der Waals surface area contributed by atoms with Gasteiger partial charge < -0.3 is 10.2 Å². The minimum absolute atomic E-state index is 0.119. The molecule has 4 nitrogen and oxygen atoms in total. The fraction of sp³-hybridized carbons (Fsp3) is 0.0667. The lowest BCUT2D eigenvalue weighted by molar-refractivity contribution is 0.0976. The lowest BCUT2D eigenvalue weighted by Crippen LogP contribution is -2.21. The molecule has 0 heterocycles. The number of benzene rings is 2. The lowest BCUT2D eigenvalue weighted by Gasteiger charge is -2.19. The smallest absolute Gasteiger partial charge is 0.198 e. The van der Waals surface area contributed by atoms with E-state index >= 15 is 0 Å². The van der Waals surface area contributed by atoms with Gasteiger partial charge in [0.25, 0.3) is 0 Å². The molecule has 0 aliphatic heterocycles. The Morgan fingerprint density at radius 2 is 1.42 bits per heavy atom. The molecule has 2 aromatic rings. The third-order valence-corrected chi connectivity index (χ3v) is 3.35. The van der Waals surface area contributed by atoms with Gasteiger partial charge in [-0.2, -0.15) is 0 Å². The van der Waals surface area contributed by atoms with Crippen molar-refractivity contribution in [1.29, 1.82) is 0 Å². The maximum Gasteiger partial charge on any atom is 0.198 e. The molecule has 0 spiro atoms. The van der Waals surface area contributed by atoms with Gasteiger partial charge in [0.2, 0.25) is 0 Å². The minimum atomic E-state index is -0.525. The normalized spacial score (nSPS) is 13.1. The van der Waals surface area contributed by atoms with Crippen molar-refractivity contribution in [2.45, 2.75) is 6.92 Å². The predicted octanol–water partition coefficient (Wildman–Crippen LogP) is 2.18. The van der Waals surface area contributed by atoms with Crippen LogP contribution in [0.4, 0.5) is 0 Å². The predicted molar refractivity (Wildman–Crippen MR) is 67.8 cm³/mol. The van der Waals surface area contributed by atoms with Crippen molar-refractivity contribution in [1.82, 2.24) is 0 Å². The van der Waals surface area contributed by atoms with Gasteiger partial charge in [-0.15, -0.1) is 0 Å². The molecule has 0 unspecified atom stereocenters. The summed E-state index contributed by atoms with van der Waals surface area (Å²) in [6.45, 7) is 1.56. The number of aromatic hydroxyl groups is 2. The molecule has 4 heteroatoms.